The van der Waals surface area contributed by atoms with Gasteiger partial charge in [0.25, 0.3) is 5.88 Å². The Morgan fingerprint density at radius 2 is 1.82 bits per heavy atom. The number of carbonyl (C=O) groups excluding carboxylic acids is 1. The van der Waals surface area contributed by atoms with E-state index in [0.717, 1.165) is 43.7 Å². The standard InChI is InChI=1S/C31H35N3O4/c1-30(2,3)38-29(35)34-21-31(24-7-4-5-8-25(24)34)14-17-33(18-15-31)19-22-10-12-23(13-11-22)27-20-36-26-9-6-16-32-28(26)37-27/h4-13,16,27H,14-15,17-21H2,1-3H3/t27-/m1/s1. The second-order valence-electron chi connectivity index (χ2n) is 11.6. The molecule has 6 rings (SSSR count). The Morgan fingerprint density at radius 3 is 2.58 bits per heavy atom. The number of likely N-dealkylation sites (tertiary alicyclic amines) is 1. The minimum atomic E-state index is -0.516. The highest BCUT2D eigenvalue weighted by atomic mass is 16.6. The Bertz CT molecular complexity index is 1310. The van der Waals surface area contributed by atoms with Gasteiger partial charge in [0.15, 0.2) is 11.9 Å². The zero-order chi connectivity index (χ0) is 26.3. The number of carbonyl (C=O) groups is 1. The number of rotatable bonds is 3. The van der Waals surface area contributed by atoms with Crippen molar-refractivity contribution < 1.29 is 19.0 Å². The molecule has 1 saturated heterocycles. The molecule has 0 saturated carbocycles. The molecule has 7 heteroatoms. The van der Waals surface area contributed by atoms with E-state index >= 15 is 0 Å². The quantitative estimate of drug-likeness (QED) is 0.436. The molecule has 3 aliphatic heterocycles. The lowest BCUT2D eigenvalue weighted by molar-refractivity contribution is 0.0570. The number of benzene rings is 2. The van der Waals surface area contributed by atoms with E-state index in [0.29, 0.717) is 24.8 Å². The molecule has 2 aromatic carbocycles. The van der Waals surface area contributed by atoms with E-state index in [1.165, 1.54) is 11.1 Å². The molecule has 1 spiro atoms. The van der Waals surface area contributed by atoms with Crippen LogP contribution in [0.3, 0.4) is 0 Å². The van der Waals surface area contributed by atoms with Gasteiger partial charge in [-0.3, -0.25) is 9.80 Å². The second kappa shape index (κ2) is 9.62. The van der Waals surface area contributed by atoms with Crippen LogP contribution in [0.4, 0.5) is 10.5 Å². The molecule has 3 aromatic rings. The summed E-state index contributed by atoms with van der Waals surface area (Å²) in [5, 5.41) is 0. The van der Waals surface area contributed by atoms with E-state index in [2.05, 4.69) is 52.3 Å². The first-order valence-electron chi connectivity index (χ1n) is 13.5. The fourth-order valence-electron chi connectivity index (χ4n) is 5.85. The maximum Gasteiger partial charge on any atom is 0.414 e. The summed E-state index contributed by atoms with van der Waals surface area (Å²) >= 11 is 0. The van der Waals surface area contributed by atoms with Gasteiger partial charge in [-0.2, -0.15) is 0 Å². The Kier molecular flexibility index (Phi) is 6.26. The van der Waals surface area contributed by atoms with Crippen LogP contribution in [0.25, 0.3) is 0 Å². The van der Waals surface area contributed by atoms with Crippen molar-refractivity contribution in [2.24, 2.45) is 0 Å². The van der Waals surface area contributed by atoms with Gasteiger partial charge in [0.2, 0.25) is 0 Å². The summed E-state index contributed by atoms with van der Waals surface area (Å²) in [7, 11) is 0. The molecule has 0 aliphatic carbocycles. The Hall–Kier alpha value is -3.58. The summed E-state index contributed by atoms with van der Waals surface area (Å²) < 4.78 is 17.6. The Balaban J connectivity index is 1.09. The Labute approximate surface area is 224 Å². The Morgan fingerprint density at radius 1 is 1.05 bits per heavy atom. The van der Waals surface area contributed by atoms with Crippen molar-refractivity contribution in [2.45, 2.75) is 57.3 Å². The van der Waals surface area contributed by atoms with E-state index in [1.807, 2.05) is 43.9 Å². The van der Waals surface area contributed by atoms with E-state index in [-0.39, 0.29) is 17.6 Å². The molecule has 1 fully saturated rings. The van der Waals surface area contributed by atoms with Crippen molar-refractivity contribution in [3.63, 3.8) is 0 Å². The number of nitrogens with zero attached hydrogens (tertiary/aromatic N) is 3. The van der Waals surface area contributed by atoms with Crippen LogP contribution in [-0.2, 0) is 16.7 Å². The van der Waals surface area contributed by atoms with Gasteiger partial charge < -0.3 is 14.2 Å². The minimum absolute atomic E-state index is 0.0174. The van der Waals surface area contributed by atoms with Gasteiger partial charge in [-0.15, -0.1) is 0 Å². The molecule has 1 amide bonds. The van der Waals surface area contributed by atoms with Crippen LogP contribution >= 0.6 is 0 Å². The van der Waals surface area contributed by atoms with Crippen LogP contribution in [-0.4, -0.2) is 47.8 Å². The summed E-state index contributed by atoms with van der Waals surface area (Å²) in [6.45, 7) is 9.79. The maximum atomic E-state index is 13.0. The highest BCUT2D eigenvalue weighted by molar-refractivity contribution is 5.91. The van der Waals surface area contributed by atoms with Crippen molar-refractivity contribution in [1.82, 2.24) is 9.88 Å². The van der Waals surface area contributed by atoms with Crippen LogP contribution < -0.4 is 14.4 Å². The predicted molar refractivity (Wildman–Crippen MR) is 146 cm³/mol. The molecule has 1 aromatic heterocycles. The highest BCUT2D eigenvalue weighted by Crippen LogP contribution is 2.47. The molecule has 0 unspecified atom stereocenters. The number of aromatic nitrogens is 1. The third-order valence-electron chi connectivity index (χ3n) is 7.79. The van der Waals surface area contributed by atoms with Gasteiger partial charge in [-0.25, -0.2) is 9.78 Å². The molecular formula is C31H35N3O4. The van der Waals surface area contributed by atoms with E-state index in [1.54, 1.807) is 6.20 Å². The zero-order valence-electron chi connectivity index (χ0n) is 22.4. The number of pyridine rings is 1. The number of fused-ring (bicyclic) bond motifs is 3. The van der Waals surface area contributed by atoms with Crippen LogP contribution in [0.1, 0.15) is 56.4 Å². The topological polar surface area (TPSA) is 64.1 Å². The van der Waals surface area contributed by atoms with Crippen LogP contribution in [0, 0.1) is 0 Å². The number of hydrogen-bond acceptors (Lipinski definition) is 6. The molecule has 7 nitrogen and oxygen atoms in total. The van der Waals surface area contributed by atoms with Gasteiger partial charge in [0, 0.05) is 24.7 Å². The average Bonchev–Trinajstić information content (AvgIpc) is 3.24. The smallest absolute Gasteiger partial charge is 0.414 e. The fourth-order valence-corrected chi connectivity index (χ4v) is 5.85. The van der Waals surface area contributed by atoms with Crippen LogP contribution in [0.15, 0.2) is 66.9 Å². The number of hydrogen-bond donors (Lipinski definition) is 0. The molecule has 0 bridgehead atoms. The van der Waals surface area contributed by atoms with Crippen LogP contribution in [0.5, 0.6) is 11.6 Å². The summed E-state index contributed by atoms with van der Waals surface area (Å²) in [4.78, 5) is 21.7. The van der Waals surface area contributed by atoms with Crippen molar-refractivity contribution in [1.29, 1.82) is 0 Å². The first-order valence-corrected chi connectivity index (χ1v) is 13.5. The lowest BCUT2D eigenvalue weighted by Gasteiger charge is -2.40. The number of ether oxygens (including phenoxy) is 3. The van der Waals surface area contributed by atoms with E-state index in [4.69, 9.17) is 14.2 Å². The largest absolute Gasteiger partial charge is 0.484 e. The molecule has 1 atom stereocenters. The molecule has 4 heterocycles. The first kappa shape index (κ1) is 24.7. The molecule has 3 aliphatic rings. The van der Waals surface area contributed by atoms with Crippen LogP contribution in [0.2, 0.25) is 0 Å². The third-order valence-corrected chi connectivity index (χ3v) is 7.79. The van der Waals surface area contributed by atoms with Crippen molar-refractivity contribution in [3.05, 3.63) is 83.6 Å². The predicted octanol–water partition coefficient (Wildman–Crippen LogP) is 5.88. The lowest BCUT2D eigenvalue weighted by atomic mass is 9.74. The van der Waals surface area contributed by atoms with Gasteiger partial charge in [0.05, 0.1) is 5.69 Å². The SMILES string of the molecule is CC(C)(C)OC(=O)N1CC2(CCN(Cc3ccc([C@H]4COc5cccnc5O4)cc3)CC2)c2ccccc21. The van der Waals surface area contributed by atoms with Gasteiger partial charge >= 0.3 is 6.09 Å². The van der Waals surface area contributed by atoms with Gasteiger partial charge in [-0.1, -0.05) is 42.5 Å². The first-order chi connectivity index (χ1) is 18.3. The van der Waals surface area contributed by atoms with Crippen molar-refractivity contribution in [3.8, 4) is 11.6 Å². The molecule has 38 heavy (non-hydrogen) atoms. The van der Waals surface area contributed by atoms with Crippen molar-refractivity contribution in [2.75, 3.05) is 31.1 Å². The lowest BCUT2D eigenvalue weighted by Crippen LogP contribution is -2.46. The minimum Gasteiger partial charge on any atom is -0.484 e. The normalized spacial score (nSPS) is 20.3. The fraction of sp³-hybridized carbons (Fsp3) is 0.419. The van der Waals surface area contributed by atoms with Gasteiger partial charge in [-0.05, 0) is 81.6 Å². The number of para-hydroxylation sites is 1. The molecule has 0 radical (unpaired) electrons. The number of piperidine rings is 1. The summed E-state index contributed by atoms with van der Waals surface area (Å²) in [5.41, 5.74) is 4.11. The van der Waals surface area contributed by atoms with E-state index < -0.39 is 5.60 Å². The zero-order valence-corrected chi connectivity index (χ0v) is 22.4. The second-order valence-corrected chi connectivity index (χ2v) is 11.6. The van der Waals surface area contributed by atoms with Gasteiger partial charge in [0.1, 0.15) is 12.2 Å². The maximum absolute atomic E-state index is 13.0. The number of anilines is 1. The molecular weight excluding hydrogens is 478 g/mol. The highest BCUT2D eigenvalue weighted by Gasteiger charge is 2.47. The third kappa shape index (κ3) is 4.83. The van der Waals surface area contributed by atoms with E-state index in [9.17, 15) is 4.79 Å². The summed E-state index contributed by atoms with van der Waals surface area (Å²) in [5.74, 6) is 1.25. The molecule has 198 valence electrons. The van der Waals surface area contributed by atoms with Crippen molar-refractivity contribution >= 4 is 11.8 Å². The summed E-state index contributed by atoms with van der Waals surface area (Å²) in [6, 6.07) is 20.7. The monoisotopic (exact) mass is 513 g/mol. The summed E-state index contributed by atoms with van der Waals surface area (Å²) in [6.07, 6.45) is 3.34. The number of amides is 1. The molecule has 0 N–H and O–H groups in total. The average molecular weight is 514 g/mol.